The van der Waals surface area contributed by atoms with E-state index >= 15 is 0 Å². The first-order valence-electron chi connectivity index (χ1n) is 17.6. The van der Waals surface area contributed by atoms with Gasteiger partial charge in [-0.2, -0.15) is 0 Å². The fraction of sp³-hybridized carbons (Fsp3) is 1.00. The molecule has 0 saturated carbocycles. The summed E-state index contributed by atoms with van der Waals surface area (Å²) in [5.74, 6) is 0. The van der Waals surface area contributed by atoms with Gasteiger partial charge in [-0.3, -0.25) is 0 Å². The summed E-state index contributed by atoms with van der Waals surface area (Å²) >= 11 is 0. The lowest BCUT2D eigenvalue weighted by molar-refractivity contribution is 0.784. The molecular weight excluding hydrogens is 561 g/mol. The van der Waals surface area contributed by atoms with Crippen molar-refractivity contribution in [2.24, 2.45) is 0 Å². The molecule has 0 amide bonds. The van der Waals surface area contributed by atoms with Gasteiger partial charge in [0.25, 0.3) is 0 Å². The van der Waals surface area contributed by atoms with Gasteiger partial charge in [-0.05, 0) is 109 Å². The Labute approximate surface area is 268 Å². The monoisotopic (exact) mass is 643 g/mol. The van der Waals surface area contributed by atoms with Gasteiger partial charge < -0.3 is 0 Å². The van der Waals surface area contributed by atoms with Crippen LogP contribution in [0.5, 0.6) is 0 Å². The molecule has 0 aliphatic carbocycles. The van der Waals surface area contributed by atoms with Crippen LogP contribution in [0.15, 0.2) is 0 Å². The molecule has 40 heavy (non-hydrogen) atoms. The summed E-state index contributed by atoms with van der Waals surface area (Å²) in [7, 11) is 0.766. The molecule has 0 aromatic rings. The van der Waals surface area contributed by atoms with Crippen LogP contribution in [0.4, 0.5) is 0 Å². The second-order valence-corrected chi connectivity index (χ2v) is 23.3. The van der Waals surface area contributed by atoms with E-state index in [9.17, 15) is 0 Å². The van der Waals surface area contributed by atoms with Gasteiger partial charge in [0.05, 0.1) is 0 Å². The summed E-state index contributed by atoms with van der Waals surface area (Å²) in [5.41, 5.74) is 8.62. The Hall–Kier alpha value is 1.58. The minimum Gasteiger partial charge on any atom is -0.147 e. The van der Waals surface area contributed by atoms with Crippen molar-refractivity contribution in [1.82, 2.24) is 0 Å². The SMILES string of the molecule is CCC(C)P(C(C)CC)C(C)CC.CCC(C)P(C(C)CC)C(C)CC.CCC(C)P(C(C)CC)C(C)CC.Cl. The van der Waals surface area contributed by atoms with Crippen LogP contribution in [0.3, 0.4) is 0 Å². The van der Waals surface area contributed by atoms with Crippen molar-refractivity contribution < 1.29 is 0 Å². The Morgan fingerprint density at radius 3 is 0.375 bits per heavy atom. The van der Waals surface area contributed by atoms with Gasteiger partial charge >= 0.3 is 0 Å². The largest absolute Gasteiger partial charge is 0.147 e. The van der Waals surface area contributed by atoms with Gasteiger partial charge in [0.1, 0.15) is 0 Å². The highest BCUT2D eigenvalue weighted by Crippen LogP contribution is 2.55. The van der Waals surface area contributed by atoms with Gasteiger partial charge in [0.15, 0.2) is 0 Å². The second-order valence-electron chi connectivity index (χ2n) is 12.7. The summed E-state index contributed by atoms with van der Waals surface area (Å²) in [4.78, 5) is 0. The number of rotatable bonds is 18. The Balaban J connectivity index is -0.000000240. The molecule has 0 aromatic heterocycles. The molecule has 0 nitrogen and oxygen atoms in total. The highest BCUT2D eigenvalue weighted by atomic mass is 35.5. The normalized spacial score (nSPS) is 20.2. The molecule has 4 heteroatoms. The Morgan fingerprint density at radius 2 is 0.325 bits per heavy atom. The number of hydrogen-bond donors (Lipinski definition) is 0. The quantitative estimate of drug-likeness (QED) is 0.130. The molecule has 0 aromatic carbocycles. The summed E-state index contributed by atoms with van der Waals surface area (Å²) in [6.07, 6.45) is 12.3. The Morgan fingerprint density at radius 1 is 0.250 bits per heavy atom. The Kier molecular flexibility index (Phi) is 35.5. The van der Waals surface area contributed by atoms with E-state index in [1.807, 2.05) is 0 Å². The minimum absolute atomic E-state index is 0. The molecule has 0 rings (SSSR count). The summed E-state index contributed by atoms with van der Waals surface area (Å²) in [5, 5.41) is 0. The molecule has 0 spiro atoms. The van der Waals surface area contributed by atoms with Crippen molar-refractivity contribution in [1.29, 1.82) is 0 Å². The van der Waals surface area contributed by atoms with Crippen LogP contribution in [0, 0.1) is 0 Å². The van der Waals surface area contributed by atoms with Crippen LogP contribution >= 0.6 is 36.2 Å². The molecule has 0 saturated heterocycles. The van der Waals surface area contributed by atoms with Crippen molar-refractivity contribution in [3.05, 3.63) is 0 Å². The molecule has 0 N–H and O–H groups in total. The lowest BCUT2D eigenvalue weighted by Gasteiger charge is -2.34. The van der Waals surface area contributed by atoms with Crippen molar-refractivity contribution >= 4 is 36.2 Å². The van der Waals surface area contributed by atoms with Crippen LogP contribution in [0.2, 0.25) is 0 Å². The van der Waals surface area contributed by atoms with Gasteiger partial charge in [-0.15, -0.1) is 12.4 Å². The lowest BCUT2D eigenvalue weighted by atomic mass is 10.3. The third kappa shape index (κ3) is 19.1. The van der Waals surface area contributed by atoms with E-state index in [-0.39, 0.29) is 36.2 Å². The molecule has 248 valence electrons. The van der Waals surface area contributed by atoms with Crippen molar-refractivity contribution in [2.75, 3.05) is 0 Å². The molecule has 9 atom stereocenters. The predicted molar refractivity (Wildman–Crippen MR) is 206 cm³/mol. The molecule has 0 heterocycles. The first kappa shape index (κ1) is 48.5. The summed E-state index contributed by atoms with van der Waals surface area (Å²) in [6, 6.07) is 0. The zero-order valence-electron chi connectivity index (χ0n) is 31.3. The van der Waals surface area contributed by atoms with Gasteiger partial charge in [0, 0.05) is 0 Å². The fourth-order valence-corrected chi connectivity index (χ4v) is 17.4. The topological polar surface area (TPSA) is 0 Å². The summed E-state index contributed by atoms with van der Waals surface area (Å²) in [6.45, 7) is 43.1. The first-order valence-corrected chi connectivity index (χ1v) is 22.2. The van der Waals surface area contributed by atoms with Crippen LogP contribution < -0.4 is 0 Å². The maximum absolute atomic E-state index is 2.45. The zero-order valence-corrected chi connectivity index (χ0v) is 34.8. The van der Waals surface area contributed by atoms with Crippen LogP contribution in [-0.4, -0.2) is 50.9 Å². The molecular formula is C36H82ClP3. The Bertz CT molecular complexity index is 374. The highest BCUT2D eigenvalue weighted by molar-refractivity contribution is 7.60. The maximum Gasteiger partial charge on any atom is -0.0235 e. The molecule has 0 aliphatic heterocycles. The average molecular weight is 643 g/mol. The molecule has 9 unspecified atom stereocenters. The third-order valence-corrected chi connectivity index (χ3v) is 22.3. The first-order chi connectivity index (χ1) is 18.2. The summed E-state index contributed by atoms with van der Waals surface area (Å²) < 4.78 is 0. The smallest absolute Gasteiger partial charge is 0.0235 e. The standard InChI is InChI=1S/3C12H27P.ClH/c3*1-7-10(4)13(11(5)8-2)12(6)9-3;/h3*10-12H,7-9H2,1-6H3;1H. The van der Waals surface area contributed by atoms with Gasteiger partial charge in [0.2, 0.25) is 0 Å². The van der Waals surface area contributed by atoms with Crippen LogP contribution in [0.25, 0.3) is 0 Å². The van der Waals surface area contributed by atoms with E-state index in [1.54, 1.807) is 0 Å². The van der Waals surface area contributed by atoms with Crippen LogP contribution in [-0.2, 0) is 0 Å². The zero-order chi connectivity index (χ0) is 31.3. The van der Waals surface area contributed by atoms with E-state index in [0.717, 1.165) is 50.9 Å². The van der Waals surface area contributed by atoms with Crippen molar-refractivity contribution in [3.63, 3.8) is 0 Å². The maximum atomic E-state index is 2.45. The van der Waals surface area contributed by atoms with Crippen molar-refractivity contribution in [2.45, 2.75) is 233 Å². The third-order valence-electron chi connectivity index (χ3n) is 9.90. The van der Waals surface area contributed by atoms with Crippen molar-refractivity contribution in [3.8, 4) is 0 Å². The highest BCUT2D eigenvalue weighted by Gasteiger charge is 2.26. The minimum atomic E-state index is 0. The van der Waals surface area contributed by atoms with E-state index < -0.39 is 0 Å². The number of halogens is 1. The van der Waals surface area contributed by atoms with Gasteiger partial charge in [-0.1, -0.05) is 148 Å². The van der Waals surface area contributed by atoms with E-state index in [1.165, 1.54) is 57.8 Å². The predicted octanol–water partition coefficient (Wildman–Crippen LogP) is 15.0. The van der Waals surface area contributed by atoms with Gasteiger partial charge in [-0.25, -0.2) is 0 Å². The van der Waals surface area contributed by atoms with E-state index in [4.69, 9.17) is 0 Å². The average Bonchev–Trinajstić information content (AvgIpc) is 2.96. The number of hydrogen-bond acceptors (Lipinski definition) is 0. The lowest BCUT2D eigenvalue weighted by Crippen LogP contribution is -2.16. The molecule has 0 fully saturated rings. The fourth-order valence-electron chi connectivity index (χ4n) is 5.81. The van der Waals surface area contributed by atoms with E-state index in [0.29, 0.717) is 0 Å². The van der Waals surface area contributed by atoms with E-state index in [2.05, 4.69) is 125 Å². The molecule has 0 radical (unpaired) electrons. The second kappa shape index (κ2) is 29.3. The molecule has 0 aliphatic rings. The van der Waals surface area contributed by atoms with Crippen LogP contribution in [0.1, 0.15) is 182 Å². The molecule has 0 bridgehead atoms.